The van der Waals surface area contributed by atoms with Gasteiger partial charge in [0.15, 0.2) is 0 Å². The smallest absolute Gasteiger partial charge is 0.0638 e. The van der Waals surface area contributed by atoms with Crippen LogP contribution in [0.5, 0.6) is 0 Å². The number of aromatic nitrogens is 2. The summed E-state index contributed by atoms with van der Waals surface area (Å²) >= 11 is 1.86. The van der Waals surface area contributed by atoms with Gasteiger partial charge in [-0.2, -0.15) is 16.9 Å². The normalized spacial score (nSPS) is 10.7. The van der Waals surface area contributed by atoms with E-state index in [9.17, 15) is 0 Å². The van der Waals surface area contributed by atoms with E-state index in [0.717, 1.165) is 24.5 Å². The van der Waals surface area contributed by atoms with Gasteiger partial charge in [-0.3, -0.25) is 5.10 Å². The minimum absolute atomic E-state index is 0.925. The molecule has 0 saturated carbocycles. The number of aryl methyl sites for hydroxylation is 2. The van der Waals surface area contributed by atoms with Crippen LogP contribution in [0.15, 0.2) is 0 Å². The zero-order valence-corrected chi connectivity index (χ0v) is 9.29. The third-order valence-corrected chi connectivity index (χ3v) is 2.68. The molecular formula is C9H17N3S. The summed E-state index contributed by atoms with van der Waals surface area (Å²) in [7, 11) is 0. The number of hydrogen-bond acceptors (Lipinski definition) is 3. The third kappa shape index (κ3) is 3.04. The van der Waals surface area contributed by atoms with E-state index >= 15 is 0 Å². The highest BCUT2D eigenvalue weighted by Crippen LogP contribution is 2.08. The van der Waals surface area contributed by atoms with Crippen LogP contribution < -0.4 is 5.32 Å². The first-order valence-electron chi connectivity index (χ1n) is 4.45. The summed E-state index contributed by atoms with van der Waals surface area (Å²) in [6.07, 6.45) is 2.12. The maximum Gasteiger partial charge on any atom is 0.0638 e. The van der Waals surface area contributed by atoms with E-state index in [1.807, 2.05) is 18.7 Å². The van der Waals surface area contributed by atoms with Crippen molar-refractivity contribution in [2.75, 3.05) is 18.6 Å². The predicted octanol–water partition coefficient (Wildman–Crippen LogP) is 1.48. The van der Waals surface area contributed by atoms with E-state index in [1.165, 1.54) is 11.3 Å². The summed E-state index contributed by atoms with van der Waals surface area (Å²) in [5.41, 5.74) is 3.59. The minimum Gasteiger partial charge on any atom is -0.312 e. The number of thioether (sulfide) groups is 1. The van der Waals surface area contributed by atoms with Crippen LogP contribution in [0.25, 0.3) is 0 Å². The molecule has 0 atom stereocenters. The van der Waals surface area contributed by atoms with Gasteiger partial charge in [0.25, 0.3) is 0 Å². The summed E-state index contributed by atoms with van der Waals surface area (Å²) in [5, 5.41) is 10.5. The van der Waals surface area contributed by atoms with Crippen LogP contribution in [-0.2, 0) is 6.54 Å². The first kappa shape index (κ1) is 10.6. The number of hydrogen-bond donors (Lipinski definition) is 2. The zero-order valence-electron chi connectivity index (χ0n) is 8.48. The molecule has 0 aliphatic heterocycles. The average molecular weight is 199 g/mol. The van der Waals surface area contributed by atoms with Gasteiger partial charge in [-0.25, -0.2) is 0 Å². The SMILES string of the molecule is CSCCNCc1c(C)n[nH]c1C. The van der Waals surface area contributed by atoms with Gasteiger partial charge in [0.1, 0.15) is 0 Å². The second kappa shape index (κ2) is 5.29. The van der Waals surface area contributed by atoms with Crippen molar-refractivity contribution in [2.45, 2.75) is 20.4 Å². The van der Waals surface area contributed by atoms with Gasteiger partial charge >= 0.3 is 0 Å². The predicted molar refractivity (Wildman–Crippen MR) is 58.2 cm³/mol. The molecular weight excluding hydrogens is 182 g/mol. The maximum absolute atomic E-state index is 4.14. The lowest BCUT2D eigenvalue weighted by atomic mass is 10.2. The molecule has 0 aliphatic rings. The number of H-pyrrole nitrogens is 1. The number of rotatable bonds is 5. The molecule has 1 heterocycles. The molecule has 13 heavy (non-hydrogen) atoms. The van der Waals surface area contributed by atoms with Crippen molar-refractivity contribution in [1.29, 1.82) is 0 Å². The molecule has 0 amide bonds. The lowest BCUT2D eigenvalue weighted by Gasteiger charge is -2.03. The molecule has 0 aliphatic carbocycles. The van der Waals surface area contributed by atoms with Crippen molar-refractivity contribution < 1.29 is 0 Å². The van der Waals surface area contributed by atoms with Crippen molar-refractivity contribution in [3.8, 4) is 0 Å². The van der Waals surface area contributed by atoms with Crippen LogP contribution in [0.3, 0.4) is 0 Å². The van der Waals surface area contributed by atoms with E-state index in [4.69, 9.17) is 0 Å². The molecule has 2 N–H and O–H groups in total. The lowest BCUT2D eigenvalue weighted by Crippen LogP contribution is -2.17. The summed E-state index contributed by atoms with van der Waals surface area (Å²) in [4.78, 5) is 0. The molecule has 1 aromatic rings. The van der Waals surface area contributed by atoms with E-state index < -0.39 is 0 Å². The fourth-order valence-electron chi connectivity index (χ4n) is 1.22. The molecule has 3 nitrogen and oxygen atoms in total. The Morgan fingerprint density at radius 2 is 2.23 bits per heavy atom. The molecule has 0 unspecified atom stereocenters. The van der Waals surface area contributed by atoms with Crippen molar-refractivity contribution in [3.63, 3.8) is 0 Å². The van der Waals surface area contributed by atoms with E-state index in [0.29, 0.717) is 0 Å². The van der Waals surface area contributed by atoms with Crippen LogP contribution in [0.4, 0.5) is 0 Å². The quantitative estimate of drug-likeness (QED) is 0.706. The standard InChI is InChI=1S/C9H17N3S/c1-7-9(8(2)12-11-7)6-10-4-5-13-3/h10H,4-6H2,1-3H3,(H,11,12). The maximum atomic E-state index is 4.14. The molecule has 1 rings (SSSR count). The Labute approximate surface area is 83.7 Å². The molecule has 0 aromatic carbocycles. The van der Waals surface area contributed by atoms with Crippen LogP contribution >= 0.6 is 11.8 Å². The van der Waals surface area contributed by atoms with E-state index in [1.54, 1.807) is 0 Å². The Morgan fingerprint density at radius 1 is 1.46 bits per heavy atom. The second-order valence-electron chi connectivity index (χ2n) is 3.08. The highest BCUT2D eigenvalue weighted by molar-refractivity contribution is 7.98. The van der Waals surface area contributed by atoms with Crippen LogP contribution in [-0.4, -0.2) is 28.8 Å². The largest absolute Gasteiger partial charge is 0.312 e. The molecule has 4 heteroatoms. The fraction of sp³-hybridized carbons (Fsp3) is 0.667. The molecule has 0 saturated heterocycles. The van der Waals surface area contributed by atoms with E-state index in [2.05, 4.69) is 28.7 Å². The zero-order chi connectivity index (χ0) is 9.68. The topological polar surface area (TPSA) is 40.7 Å². The summed E-state index contributed by atoms with van der Waals surface area (Å²) in [6.45, 7) is 6.08. The first-order valence-corrected chi connectivity index (χ1v) is 5.85. The first-order chi connectivity index (χ1) is 6.25. The van der Waals surface area contributed by atoms with Crippen LogP contribution in [0.1, 0.15) is 17.0 Å². The Morgan fingerprint density at radius 3 is 2.77 bits per heavy atom. The highest BCUT2D eigenvalue weighted by atomic mass is 32.2. The van der Waals surface area contributed by atoms with Crippen molar-refractivity contribution >= 4 is 11.8 Å². The summed E-state index contributed by atoms with van der Waals surface area (Å²) < 4.78 is 0. The Bertz CT molecular complexity index is 238. The fourth-order valence-corrected chi connectivity index (χ4v) is 1.57. The van der Waals surface area contributed by atoms with Gasteiger partial charge < -0.3 is 5.32 Å². The van der Waals surface area contributed by atoms with Gasteiger partial charge in [0, 0.05) is 30.1 Å². The Kier molecular flexibility index (Phi) is 4.32. The number of aromatic amines is 1. The Balaban J connectivity index is 2.36. The molecule has 74 valence electrons. The van der Waals surface area contributed by atoms with Gasteiger partial charge in [-0.05, 0) is 20.1 Å². The van der Waals surface area contributed by atoms with Crippen molar-refractivity contribution in [2.24, 2.45) is 0 Å². The summed E-state index contributed by atoms with van der Waals surface area (Å²) in [6, 6.07) is 0. The van der Waals surface area contributed by atoms with Crippen molar-refractivity contribution in [3.05, 3.63) is 17.0 Å². The Hall–Kier alpha value is -0.480. The van der Waals surface area contributed by atoms with E-state index in [-0.39, 0.29) is 0 Å². The van der Waals surface area contributed by atoms with Crippen LogP contribution in [0, 0.1) is 13.8 Å². The van der Waals surface area contributed by atoms with Gasteiger partial charge in [-0.1, -0.05) is 0 Å². The number of nitrogens with zero attached hydrogens (tertiary/aromatic N) is 1. The van der Waals surface area contributed by atoms with Crippen LogP contribution in [0.2, 0.25) is 0 Å². The minimum atomic E-state index is 0.925. The molecule has 0 radical (unpaired) electrons. The molecule has 1 aromatic heterocycles. The molecule has 0 spiro atoms. The second-order valence-corrected chi connectivity index (χ2v) is 4.07. The third-order valence-electron chi connectivity index (χ3n) is 2.07. The van der Waals surface area contributed by atoms with Gasteiger partial charge in [0.05, 0.1) is 5.69 Å². The summed E-state index contributed by atoms with van der Waals surface area (Å²) in [5.74, 6) is 1.16. The van der Waals surface area contributed by atoms with Gasteiger partial charge in [0.2, 0.25) is 0 Å². The monoisotopic (exact) mass is 199 g/mol. The molecule has 0 fully saturated rings. The average Bonchev–Trinajstić information content (AvgIpc) is 2.42. The van der Waals surface area contributed by atoms with Crippen molar-refractivity contribution in [1.82, 2.24) is 15.5 Å². The lowest BCUT2D eigenvalue weighted by molar-refractivity contribution is 0.726. The van der Waals surface area contributed by atoms with Gasteiger partial charge in [-0.15, -0.1) is 0 Å². The molecule has 0 bridgehead atoms. The number of nitrogens with one attached hydrogen (secondary N) is 2. The highest BCUT2D eigenvalue weighted by Gasteiger charge is 2.04.